The lowest BCUT2D eigenvalue weighted by Crippen LogP contribution is -2.02. The molecule has 1 aromatic carbocycles. The standard InChI is InChI=1S/C14H11ClFN3O/c15-9-4-3-5-11(13(9)16)20-14-10(8-17)19-7-2-1-6-12(19)18-14/h1-7H,8,17H2. The molecule has 0 atom stereocenters. The average Bonchev–Trinajstić information content (AvgIpc) is 2.81. The molecule has 0 aliphatic rings. The summed E-state index contributed by atoms with van der Waals surface area (Å²) >= 11 is 5.73. The van der Waals surface area contributed by atoms with Crippen LogP contribution in [0.25, 0.3) is 5.65 Å². The number of pyridine rings is 1. The van der Waals surface area contributed by atoms with Gasteiger partial charge in [-0.3, -0.25) is 4.40 Å². The highest BCUT2D eigenvalue weighted by Gasteiger charge is 2.15. The van der Waals surface area contributed by atoms with Crippen molar-refractivity contribution in [1.29, 1.82) is 0 Å². The monoisotopic (exact) mass is 291 g/mol. The van der Waals surface area contributed by atoms with Gasteiger partial charge in [-0.25, -0.2) is 4.39 Å². The minimum absolute atomic E-state index is 0.000521. The van der Waals surface area contributed by atoms with Crippen molar-refractivity contribution in [2.24, 2.45) is 5.73 Å². The van der Waals surface area contributed by atoms with Gasteiger partial charge in [0.1, 0.15) is 11.3 Å². The number of hydrogen-bond donors (Lipinski definition) is 1. The Morgan fingerprint density at radius 1 is 1.25 bits per heavy atom. The van der Waals surface area contributed by atoms with Crippen LogP contribution in [-0.2, 0) is 6.54 Å². The summed E-state index contributed by atoms with van der Waals surface area (Å²) in [6.45, 7) is 0.225. The molecule has 4 nitrogen and oxygen atoms in total. The molecule has 0 saturated heterocycles. The molecule has 2 heterocycles. The number of fused-ring (bicyclic) bond motifs is 1. The smallest absolute Gasteiger partial charge is 0.242 e. The van der Waals surface area contributed by atoms with Crippen molar-refractivity contribution in [3.63, 3.8) is 0 Å². The van der Waals surface area contributed by atoms with Crippen LogP contribution in [0.3, 0.4) is 0 Å². The Kier molecular flexibility index (Phi) is 3.30. The third-order valence-corrected chi connectivity index (χ3v) is 3.20. The topological polar surface area (TPSA) is 52.5 Å². The first-order valence-electron chi connectivity index (χ1n) is 5.98. The molecule has 0 unspecified atom stereocenters. The number of nitrogens with two attached hydrogens (primary N) is 1. The summed E-state index contributed by atoms with van der Waals surface area (Å²) in [5.74, 6) is -0.315. The zero-order valence-corrected chi connectivity index (χ0v) is 11.1. The molecule has 0 saturated carbocycles. The summed E-state index contributed by atoms with van der Waals surface area (Å²) in [7, 11) is 0. The molecule has 0 spiro atoms. The van der Waals surface area contributed by atoms with Gasteiger partial charge in [0.15, 0.2) is 11.6 Å². The summed E-state index contributed by atoms with van der Waals surface area (Å²) in [5, 5.41) is 0.000521. The first kappa shape index (κ1) is 12.9. The zero-order chi connectivity index (χ0) is 14.1. The molecule has 102 valence electrons. The van der Waals surface area contributed by atoms with E-state index >= 15 is 0 Å². The van der Waals surface area contributed by atoms with Gasteiger partial charge in [-0.15, -0.1) is 0 Å². The lowest BCUT2D eigenvalue weighted by molar-refractivity contribution is 0.425. The molecule has 2 aromatic heterocycles. The number of hydrogen-bond acceptors (Lipinski definition) is 3. The van der Waals surface area contributed by atoms with E-state index < -0.39 is 5.82 Å². The fourth-order valence-electron chi connectivity index (χ4n) is 1.96. The average molecular weight is 292 g/mol. The number of imidazole rings is 1. The molecule has 0 aliphatic heterocycles. The highest BCUT2D eigenvalue weighted by Crippen LogP contribution is 2.30. The quantitative estimate of drug-likeness (QED) is 0.805. The molecule has 0 radical (unpaired) electrons. The van der Waals surface area contributed by atoms with Crippen LogP contribution in [0.1, 0.15) is 5.69 Å². The first-order chi connectivity index (χ1) is 9.70. The lowest BCUT2D eigenvalue weighted by Gasteiger charge is -2.06. The summed E-state index contributed by atoms with van der Waals surface area (Å²) in [5.41, 5.74) is 7.07. The molecule has 6 heteroatoms. The number of benzene rings is 1. The molecule has 20 heavy (non-hydrogen) atoms. The molecule has 3 rings (SSSR count). The van der Waals surface area contributed by atoms with Crippen molar-refractivity contribution in [2.45, 2.75) is 6.54 Å². The molecule has 0 bridgehead atoms. The Balaban J connectivity index is 2.08. The van der Waals surface area contributed by atoms with Crippen LogP contribution in [0, 0.1) is 5.82 Å². The van der Waals surface area contributed by atoms with E-state index in [0.717, 1.165) is 0 Å². The Labute approximate surface area is 119 Å². The second-order valence-corrected chi connectivity index (χ2v) is 4.56. The van der Waals surface area contributed by atoms with Crippen LogP contribution in [0.4, 0.5) is 4.39 Å². The largest absolute Gasteiger partial charge is 0.434 e. The van der Waals surface area contributed by atoms with Crippen LogP contribution in [0.15, 0.2) is 42.6 Å². The Hall–Kier alpha value is -2.11. The van der Waals surface area contributed by atoms with Crippen LogP contribution in [0.2, 0.25) is 5.02 Å². The second-order valence-electron chi connectivity index (χ2n) is 4.15. The maximum atomic E-state index is 13.9. The summed E-state index contributed by atoms with van der Waals surface area (Å²) in [6.07, 6.45) is 1.83. The number of nitrogens with zero attached hydrogens (tertiary/aromatic N) is 2. The highest BCUT2D eigenvalue weighted by molar-refractivity contribution is 6.30. The maximum Gasteiger partial charge on any atom is 0.242 e. The SMILES string of the molecule is NCc1c(Oc2cccc(Cl)c2F)nc2ccccn12. The van der Waals surface area contributed by atoms with Gasteiger partial charge in [-0.1, -0.05) is 23.7 Å². The van der Waals surface area contributed by atoms with E-state index in [1.54, 1.807) is 10.5 Å². The van der Waals surface area contributed by atoms with E-state index in [1.165, 1.54) is 12.1 Å². The van der Waals surface area contributed by atoms with Crippen LogP contribution in [-0.4, -0.2) is 9.38 Å². The van der Waals surface area contributed by atoms with E-state index in [9.17, 15) is 4.39 Å². The molecule has 0 amide bonds. The van der Waals surface area contributed by atoms with Crippen molar-refractivity contribution >= 4 is 17.2 Å². The van der Waals surface area contributed by atoms with Gasteiger partial charge >= 0.3 is 0 Å². The molecule has 2 N–H and O–H groups in total. The van der Waals surface area contributed by atoms with E-state index in [4.69, 9.17) is 22.1 Å². The van der Waals surface area contributed by atoms with Gasteiger partial charge in [-0.2, -0.15) is 4.98 Å². The van der Waals surface area contributed by atoms with Crippen molar-refractivity contribution < 1.29 is 9.13 Å². The van der Waals surface area contributed by atoms with E-state index in [-0.39, 0.29) is 23.2 Å². The minimum atomic E-state index is -0.616. The molecular formula is C14H11ClFN3O. The fourth-order valence-corrected chi connectivity index (χ4v) is 2.13. The third-order valence-electron chi connectivity index (χ3n) is 2.91. The van der Waals surface area contributed by atoms with Gasteiger partial charge in [-0.05, 0) is 24.3 Å². The zero-order valence-electron chi connectivity index (χ0n) is 10.4. The molecule has 3 aromatic rings. The van der Waals surface area contributed by atoms with Crippen molar-refractivity contribution in [2.75, 3.05) is 0 Å². The molecular weight excluding hydrogens is 281 g/mol. The lowest BCUT2D eigenvalue weighted by atomic mass is 10.3. The van der Waals surface area contributed by atoms with Gasteiger partial charge < -0.3 is 10.5 Å². The van der Waals surface area contributed by atoms with Crippen molar-refractivity contribution in [1.82, 2.24) is 9.38 Å². The van der Waals surface area contributed by atoms with Crippen LogP contribution >= 0.6 is 11.6 Å². The molecule has 0 aliphatic carbocycles. The predicted molar refractivity (Wildman–Crippen MR) is 74.6 cm³/mol. The maximum absolute atomic E-state index is 13.9. The van der Waals surface area contributed by atoms with E-state index in [0.29, 0.717) is 11.3 Å². The summed E-state index contributed by atoms with van der Waals surface area (Å²) < 4.78 is 21.2. The number of halogens is 2. The Morgan fingerprint density at radius 2 is 2.10 bits per heavy atom. The third kappa shape index (κ3) is 2.11. The van der Waals surface area contributed by atoms with E-state index in [1.807, 2.05) is 24.4 Å². The van der Waals surface area contributed by atoms with Crippen LogP contribution < -0.4 is 10.5 Å². The second kappa shape index (κ2) is 5.11. The van der Waals surface area contributed by atoms with Gasteiger partial charge in [0.25, 0.3) is 0 Å². The van der Waals surface area contributed by atoms with Gasteiger partial charge in [0.05, 0.1) is 5.02 Å². The summed E-state index contributed by atoms with van der Waals surface area (Å²) in [4.78, 5) is 4.30. The summed E-state index contributed by atoms with van der Waals surface area (Å²) in [6, 6.07) is 10.1. The predicted octanol–water partition coefficient (Wildman–Crippen LogP) is 3.38. The normalized spacial score (nSPS) is 10.9. The first-order valence-corrected chi connectivity index (χ1v) is 6.36. The number of aromatic nitrogens is 2. The highest BCUT2D eigenvalue weighted by atomic mass is 35.5. The number of ether oxygens (including phenoxy) is 1. The fraction of sp³-hybridized carbons (Fsp3) is 0.0714. The van der Waals surface area contributed by atoms with Crippen LogP contribution in [0.5, 0.6) is 11.6 Å². The Morgan fingerprint density at radius 3 is 2.90 bits per heavy atom. The van der Waals surface area contributed by atoms with Gasteiger partial charge in [0, 0.05) is 12.7 Å². The number of rotatable bonds is 3. The van der Waals surface area contributed by atoms with Crippen molar-refractivity contribution in [3.05, 3.63) is 59.1 Å². The van der Waals surface area contributed by atoms with Gasteiger partial charge in [0.2, 0.25) is 5.88 Å². The Bertz CT molecular complexity index is 772. The minimum Gasteiger partial charge on any atom is -0.434 e. The van der Waals surface area contributed by atoms with E-state index in [2.05, 4.69) is 4.98 Å². The van der Waals surface area contributed by atoms with Crippen molar-refractivity contribution in [3.8, 4) is 11.6 Å². The molecule has 0 fully saturated rings.